The predicted molar refractivity (Wildman–Crippen MR) is 89.0 cm³/mol. The second-order valence-electron chi connectivity index (χ2n) is 6.42. The zero-order chi connectivity index (χ0) is 16.2. The molecule has 0 aromatic carbocycles. The number of aliphatic hydroxyl groups excluding tert-OH is 1. The molecule has 0 radical (unpaired) electrons. The number of rotatable bonds is 4. The Hall–Kier alpha value is -2.01. The molecule has 2 N–H and O–H groups in total. The molecule has 1 aliphatic carbocycles. The molecule has 0 saturated heterocycles. The van der Waals surface area contributed by atoms with E-state index >= 15 is 0 Å². The fraction of sp³-hybridized carbons (Fsp3) is 0.500. The van der Waals surface area contributed by atoms with Gasteiger partial charge in [0.1, 0.15) is 5.69 Å². The Kier molecular flexibility index (Phi) is 4.86. The van der Waals surface area contributed by atoms with Crippen LogP contribution >= 0.6 is 0 Å². The molecule has 23 heavy (non-hydrogen) atoms. The van der Waals surface area contributed by atoms with Crippen molar-refractivity contribution < 1.29 is 9.90 Å². The number of aromatic nitrogens is 2. The van der Waals surface area contributed by atoms with E-state index in [1.54, 1.807) is 24.5 Å². The Bertz CT molecular complexity index is 683. The molecule has 2 heterocycles. The first-order chi connectivity index (χ1) is 11.1. The third-order valence-electron chi connectivity index (χ3n) is 4.73. The number of fused-ring (bicyclic) bond motifs is 1. The minimum atomic E-state index is -0.496. The number of pyridine rings is 2. The lowest BCUT2D eigenvalue weighted by Crippen LogP contribution is -2.45. The van der Waals surface area contributed by atoms with Crippen LogP contribution < -0.4 is 5.32 Å². The molecule has 2 aromatic heterocycles. The molecule has 2 aromatic rings. The summed E-state index contributed by atoms with van der Waals surface area (Å²) in [6.07, 6.45) is 8.56. The molecule has 1 fully saturated rings. The Balaban J connectivity index is 1.66. The van der Waals surface area contributed by atoms with E-state index in [2.05, 4.69) is 15.3 Å². The summed E-state index contributed by atoms with van der Waals surface area (Å²) >= 11 is 0. The van der Waals surface area contributed by atoms with Crippen LogP contribution in [0.15, 0.2) is 30.6 Å². The molecule has 1 amide bonds. The molecule has 5 nitrogen and oxygen atoms in total. The Labute approximate surface area is 136 Å². The quantitative estimate of drug-likeness (QED) is 0.910. The van der Waals surface area contributed by atoms with E-state index in [4.69, 9.17) is 0 Å². The molecule has 3 rings (SSSR count). The van der Waals surface area contributed by atoms with Crippen LogP contribution in [0, 0.1) is 5.92 Å². The smallest absolute Gasteiger partial charge is 0.270 e. The monoisotopic (exact) mass is 313 g/mol. The van der Waals surface area contributed by atoms with Crippen molar-refractivity contribution in [3.05, 3.63) is 36.3 Å². The number of nitrogens with zero attached hydrogens (tertiary/aromatic N) is 2. The highest BCUT2D eigenvalue weighted by Crippen LogP contribution is 2.27. The maximum atomic E-state index is 12.4. The normalized spacial score (nSPS) is 18.5. The van der Waals surface area contributed by atoms with Crippen LogP contribution in [0.5, 0.6) is 0 Å². The highest BCUT2D eigenvalue weighted by molar-refractivity contribution is 5.94. The summed E-state index contributed by atoms with van der Waals surface area (Å²) in [5.41, 5.74) is 1.11. The van der Waals surface area contributed by atoms with Crippen molar-refractivity contribution in [3.63, 3.8) is 0 Å². The summed E-state index contributed by atoms with van der Waals surface area (Å²) < 4.78 is 0. The van der Waals surface area contributed by atoms with E-state index < -0.39 is 6.10 Å². The number of aliphatic hydroxyl groups is 1. The van der Waals surface area contributed by atoms with Crippen LogP contribution in [0.2, 0.25) is 0 Å². The van der Waals surface area contributed by atoms with Gasteiger partial charge >= 0.3 is 0 Å². The molecule has 2 unspecified atom stereocenters. The van der Waals surface area contributed by atoms with Crippen LogP contribution in [0.1, 0.15) is 49.5 Å². The molecule has 5 heteroatoms. The molecule has 0 bridgehead atoms. The summed E-state index contributed by atoms with van der Waals surface area (Å²) in [5.74, 6) is 0.0424. The van der Waals surface area contributed by atoms with E-state index in [0.717, 1.165) is 23.7 Å². The van der Waals surface area contributed by atoms with Crippen molar-refractivity contribution in [2.24, 2.45) is 5.92 Å². The highest BCUT2D eigenvalue weighted by atomic mass is 16.3. The van der Waals surface area contributed by atoms with Gasteiger partial charge in [-0.2, -0.15) is 0 Å². The van der Waals surface area contributed by atoms with E-state index in [0.29, 0.717) is 5.69 Å². The summed E-state index contributed by atoms with van der Waals surface area (Å²) in [4.78, 5) is 20.8. The van der Waals surface area contributed by atoms with Crippen LogP contribution in [-0.2, 0) is 0 Å². The van der Waals surface area contributed by atoms with E-state index in [1.807, 2.05) is 13.0 Å². The number of carbonyl (C=O) groups is 1. The maximum absolute atomic E-state index is 12.4. The first kappa shape index (κ1) is 15.9. The van der Waals surface area contributed by atoms with Gasteiger partial charge in [-0.15, -0.1) is 0 Å². The molecular formula is C18H23N3O2. The van der Waals surface area contributed by atoms with Gasteiger partial charge in [0.2, 0.25) is 0 Å². The molecule has 2 atom stereocenters. The van der Waals surface area contributed by atoms with Gasteiger partial charge < -0.3 is 10.4 Å². The summed E-state index contributed by atoms with van der Waals surface area (Å²) in [5, 5.41) is 14.3. The fourth-order valence-electron chi connectivity index (χ4n) is 3.34. The minimum absolute atomic E-state index is 0.244. The first-order valence-electron chi connectivity index (χ1n) is 8.35. The standard InChI is InChI=1S/C18H23N3O2/c1-12(17(22)13-5-3-2-4-6-13)20-18(23)16-8-7-14-11-19-10-9-15(14)21-16/h7-13,17,22H,2-6H2,1H3,(H,20,23). The molecular weight excluding hydrogens is 290 g/mol. The Morgan fingerprint density at radius 3 is 2.83 bits per heavy atom. The van der Waals surface area contributed by atoms with Gasteiger partial charge in [0.15, 0.2) is 0 Å². The van der Waals surface area contributed by atoms with Crippen molar-refractivity contribution in [2.45, 2.75) is 51.2 Å². The minimum Gasteiger partial charge on any atom is -0.391 e. The molecule has 1 aliphatic rings. The summed E-state index contributed by atoms with van der Waals surface area (Å²) in [6.45, 7) is 1.86. The van der Waals surface area contributed by atoms with Crippen molar-refractivity contribution in [3.8, 4) is 0 Å². The Morgan fingerprint density at radius 1 is 1.26 bits per heavy atom. The van der Waals surface area contributed by atoms with Crippen molar-refractivity contribution in [1.29, 1.82) is 0 Å². The number of carbonyl (C=O) groups excluding carboxylic acids is 1. The predicted octanol–water partition coefficient (Wildman–Crippen LogP) is 2.69. The largest absolute Gasteiger partial charge is 0.391 e. The topological polar surface area (TPSA) is 75.1 Å². The van der Waals surface area contributed by atoms with E-state index in [-0.39, 0.29) is 17.9 Å². The van der Waals surface area contributed by atoms with Crippen LogP contribution in [0.4, 0.5) is 0 Å². The van der Waals surface area contributed by atoms with Crippen molar-refractivity contribution >= 4 is 16.8 Å². The average molecular weight is 313 g/mol. The number of hydrogen-bond acceptors (Lipinski definition) is 4. The first-order valence-corrected chi connectivity index (χ1v) is 8.35. The molecule has 1 saturated carbocycles. The highest BCUT2D eigenvalue weighted by Gasteiger charge is 2.27. The van der Waals surface area contributed by atoms with Gasteiger partial charge in [-0.25, -0.2) is 4.98 Å². The van der Waals surface area contributed by atoms with Gasteiger partial charge in [-0.1, -0.05) is 19.3 Å². The average Bonchev–Trinajstić information content (AvgIpc) is 2.61. The number of nitrogens with one attached hydrogen (secondary N) is 1. The summed E-state index contributed by atoms with van der Waals surface area (Å²) in [7, 11) is 0. The van der Waals surface area contributed by atoms with Gasteiger partial charge in [0.25, 0.3) is 5.91 Å². The third kappa shape index (κ3) is 3.67. The van der Waals surface area contributed by atoms with Gasteiger partial charge in [-0.05, 0) is 43.9 Å². The zero-order valence-corrected chi connectivity index (χ0v) is 13.4. The zero-order valence-electron chi connectivity index (χ0n) is 13.4. The SMILES string of the molecule is CC(NC(=O)c1ccc2cnccc2n1)C(O)C1CCCCC1. The third-order valence-corrected chi connectivity index (χ3v) is 4.73. The van der Waals surface area contributed by atoms with Gasteiger partial charge in [0.05, 0.1) is 17.7 Å². The second kappa shape index (κ2) is 7.04. The lowest BCUT2D eigenvalue weighted by atomic mass is 9.83. The van der Waals surface area contributed by atoms with Crippen LogP contribution in [0.25, 0.3) is 10.9 Å². The van der Waals surface area contributed by atoms with E-state index in [1.165, 1.54) is 19.3 Å². The lowest BCUT2D eigenvalue weighted by Gasteiger charge is -2.30. The molecule has 0 aliphatic heterocycles. The fourth-order valence-corrected chi connectivity index (χ4v) is 3.34. The number of amides is 1. The van der Waals surface area contributed by atoms with Crippen molar-refractivity contribution in [2.75, 3.05) is 0 Å². The van der Waals surface area contributed by atoms with Gasteiger partial charge in [0, 0.05) is 17.8 Å². The molecule has 122 valence electrons. The van der Waals surface area contributed by atoms with Gasteiger partial charge in [-0.3, -0.25) is 9.78 Å². The molecule has 0 spiro atoms. The van der Waals surface area contributed by atoms with Crippen molar-refractivity contribution in [1.82, 2.24) is 15.3 Å². The summed E-state index contributed by atoms with van der Waals surface area (Å²) in [6, 6.07) is 5.04. The number of hydrogen-bond donors (Lipinski definition) is 2. The van der Waals surface area contributed by atoms with Crippen LogP contribution in [-0.4, -0.2) is 33.1 Å². The van der Waals surface area contributed by atoms with E-state index in [9.17, 15) is 9.90 Å². The Morgan fingerprint density at radius 2 is 2.04 bits per heavy atom. The maximum Gasteiger partial charge on any atom is 0.270 e. The lowest BCUT2D eigenvalue weighted by molar-refractivity contribution is 0.0509. The second-order valence-corrected chi connectivity index (χ2v) is 6.42. The van der Waals surface area contributed by atoms with Crippen LogP contribution in [0.3, 0.4) is 0 Å².